The van der Waals surface area contributed by atoms with Crippen molar-refractivity contribution in [3.63, 3.8) is 0 Å². The minimum atomic E-state index is -1.29. The molecule has 126 valence electrons. The smallest absolute Gasteiger partial charge is 0.311 e. The van der Waals surface area contributed by atoms with Crippen LogP contribution in [-0.2, 0) is 19.1 Å². The minimum absolute atomic E-state index is 0.137. The third kappa shape index (κ3) is 4.94. The quantitative estimate of drug-likeness (QED) is 0.557. The molecule has 22 heavy (non-hydrogen) atoms. The molecule has 0 aliphatic heterocycles. The molecule has 6 heteroatoms. The summed E-state index contributed by atoms with van der Waals surface area (Å²) in [6.45, 7) is 10.4. The van der Waals surface area contributed by atoms with E-state index < -0.39 is 22.5 Å². The second kappa shape index (κ2) is 6.47. The Morgan fingerprint density at radius 3 is 2.18 bits per heavy atom. The number of halogens is 1. The molecule has 0 fully saturated rings. The summed E-state index contributed by atoms with van der Waals surface area (Å²) in [6, 6.07) is 0. The maximum absolute atomic E-state index is 11.9. The molecule has 5 nitrogen and oxygen atoms in total. The lowest BCUT2D eigenvalue weighted by molar-refractivity contribution is -0.163. The molecule has 0 saturated heterocycles. The molecule has 0 aromatic rings. The fourth-order valence-electron chi connectivity index (χ4n) is 1.73. The zero-order chi connectivity index (χ0) is 17.3. The average Bonchev–Trinajstić information content (AvgIpc) is 2.59. The first-order chi connectivity index (χ1) is 9.75. The number of hydrogen-bond donors (Lipinski definition) is 1. The van der Waals surface area contributed by atoms with Gasteiger partial charge in [-0.15, -0.1) is 0 Å². The lowest BCUT2D eigenvalue weighted by Gasteiger charge is -2.27. The molecule has 0 aromatic carbocycles. The van der Waals surface area contributed by atoms with Gasteiger partial charge in [0.1, 0.15) is 18.3 Å². The molecule has 0 bridgehead atoms. The lowest BCUT2D eigenvalue weighted by Crippen LogP contribution is -2.38. The average molecular weight is 424 g/mol. The van der Waals surface area contributed by atoms with Crippen LogP contribution in [0.3, 0.4) is 0 Å². The normalized spacial score (nSPS) is 25.6. The molecule has 0 radical (unpaired) electrons. The van der Waals surface area contributed by atoms with Gasteiger partial charge >= 0.3 is 11.9 Å². The van der Waals surface area contributed by atoms with Crippen molar-refractivity contribution in [1.82, 2.24) is 0 Å². The van der Waals surface area contributed by atoms with Crippen LogP contribution < -0.4 is 0 Å². The van der Waals surface area contributed by atoms with Gasteiger partial charge in [-0.3, -0.25) is 9.59 Å². The largest absolute Gasteiger partial charge is 0.462 e. The summed E-state index contributed by atoms with van der Waals surface area (Å²) < 4.78 is 11.2. The second-order valence-electron chi connectivity index (χ2n) is 7.77. The number of hydrogen-bond acceptors (Lipinski definition) is 5. The predicted molar refractivity (Wildman–Crippen MR) is 91.4 cm³/mol. The highest BCUT2D eigenvalue weighted by Gasteiger charge is 2.43. The Morgan fingerprint density at radius 2 is 1.73 bits per heavy atom. The second-order valence-corrected chi connectivity index (χ2v) is 8.93. The van der Waals surface area contributed by atoms with Gasteiger partial charge in [0, 0.05) is 10.0 Å². The van der Waals surface area contributed by atoms with E-state index in [1.807, 2.05) is 22.6 Å². The van der Waals surface area contributed by atoms with Crippen molar-refractivity contribution in [3.8, 4) is 0 Å². The molecule has 2 atom stereocenters. The Morgan fingerprint density at radius 1 is 1.23 bits per heavy atom. The van der Waals surface area contributed by atoms with E-state index >= 15 is 0 Å². The van der Waals surface area contributed by atoms with Gasteiger partial charge in [0.05, 0.1) is 10.8 Å². The van der Waals surface area contributed by atoms with E-state index in [4.69, 9.17) is 9.47 Å². The van der Waals surface area contributed by atoms with Crippen LogP contribution in [0.4, 0.5) is 0 Å². The zero-order valence-corrected chi connectivity index (χ0v) is 16.2. The third-order valence-electron chi connectivity index (χ3n) is 3.24. The van der Waals surface area contributed by atoms with Crippen LogP contribution in [0.5, 0.6) is 0 Å². The van der Waals surface area contributed by atoms with Crippen molar-refractivity contribution < 1.29 is 24.2 Å². The summed E-state index contributed by atoms with van der Waals surface area (Å²) in [5, 5.41) is 10.6. The zero-order valence-electron chi connectivity index (χ0n) is 14.0. The van der Waals surface area contributed by atoms with Crippen molar-refractivity contribution in [2.75, 3.05) is 6.61 Å². The summed E-state index contributed by atoms with van der Waals surface area (Å²) in [7, 11) is 0. The summed E-state index contributed by atoms with van der Waals surface area (Å²) in [6.07, 6.45) is 1.40. The van der Waals surface area contributed by atoms with Crippen molar-refractivity contribution in [3.05, 3.63) is 9.66 Å². The standard InChI is InChI=1S/C16H25IO5/c1-14(2,3)12(18)21-9-16(20)8-10(7-11(16)17)22-13(19)15(4,5)6/h7,10,20H,8-9H2,1-6H3/t10-,16+/m1/s1. The molecule has 0 amide bonds. The first-order valence-corrected chi connectivity index (χ1v) is 8.32. The molecule has 1 aliphatic rings. The van der Waals surface area contributed by atoms with Crippen molar-refractivity contribution in [2.24, 2.45) is 10.8 Å². The van der Waals surface area contributed by atoms with Gasteiger partial charge in [-0.2, -0.15) is 0 Å². The number of carbonyl (C=O) groups excluding carboxylic acids is 2. The molecule has 1 N–H and O–H groups in total. The van der Waals surface area contributed by atoms with Crippen molar-refractivity contribution >= 4 is 34.5 Å². The van der Waals surface area contributed by atoms with E-state index in [1.165, 1.54) is 0 Å². The first kappa shape index (κ1) is 19.4. The van der Waals surface area contributed by atoms with Gasteiger partial charge < -0.3 is 14.6 Å². The molecular weight excluding hydrogens is 399 g/mol. The van der Waals surface area contributed by atoms with E-state index in [2.05, 4.69) is 0 Å². The van der Waals surface area contributed by atoms with Crippen molar-refractivity contribution in [1.29, 1.82) is 0 Å². The van der Waals surface area contributed by atoms with Crippen LogP contribution in [0, 0.1) is 10.8 Å². The number of esters is 2. The predicted octanol–water partition coefficient (Wildman–Crippen LogP) is 2.99. The summed E-state index contributed by atoms with van der Waals surface area (Å²) in [5.74, 6) is -0.700. The SMILES string of the molecule is CC(C)(C)C(=O)OC[C@@]1(O)C[C@H](OC(=O)C(C)(C)C)C=C1I. The molecule has 1 aliphatic carbocycles. The Bertz CT molecular complexity index is 484. The highest BCUT2D eigenvalue weighted by Crippen LogP contribution is 2.37. The highest BCUT2D eigenvalue weighted by molar-refractivity contribution is 14.1. The molecule has 0 spiro atoms. The Hall–Kier alpha value is -0.630. The van der Waals surface area contributed by atoms with Crippen LogP contribution in [-0.4, -0.2) is 35.4 Å². The molecule has 0 unspecified atom stereocenters. The maximum atomic E-state index is 11.9. The number of carbonyl (C=O) groups is 2. The van der Waals surface area contributed by atoms with Gasteiger partial charge in [0.25, 0.3) is 0 Å². The Kier molecular flexibility index (Phi) is 5.71. The first-order valence-electron chi connectivity index (χ1n) is 7.24. The monoisotopic (exact) mass is 424 g/mol. The van der Waals surface area contributed by atoms with E-state index in [9.17, 15) is 14.7 Å². The van der Waals surface area contributed by atoms with E-state index in [1.54, 1.807) is 47.6 Å². The lowest BCUT2D eigenvalue weighted by atomic mass is 9.97. The molecule has 0 saturated carbocycles. The summed E-state index contributed by atoms with van der Waals surface area (Å²) in [4.78, 5) is 23.7. The fourth-order valence-corrected chi connectivity index (χ4v) is 2.50. The molecular formula is C16H25IO5. The Balaban J connectivity index is 2.66. The van der Waals surface area contributed by atoms with Crippen LogP contribution in [0.25, 0.3) is 0 Å². The van der Waals surface area contributed by atoms with Crippen LogP contribution in [0.2, 0.25) is 0 Å². The van der Waals surface area contributed by atoms with Crippen LogP contribution in [0.15, 0.2) is 9.66 Å². The topological polar surface area (TPSA) is 72.8 Å². The molecule has 0 aromatic heterocycles. The maximum Gasteiger partial charge on any atom is 0.311 e. The number of ether oxygens (including phenoxy) is 2. The fraction of sp³-hybridized carbons (Fsp3) is 0.750. The van der Waals surface area contributed by atoms with Crippen molar-refractivity contribution in [2.45, 2.75) is 59.7 Å². The van der Waals surface area contributed by atoms with E-state index in [0.29, 0.717) is 3.58 Å². The van der Waals surface area contributed by atoms with E-state index in [0.717, 1.165) is 0 Å². The van der Waals surface area contributed by atoms with E-state index in [-0.39, 0.29) is 25.0 Å². The molecule has 1 rings (SSSR count). The van der Waals surface area contributed by atoms with Gasteiger partial charge in [-0.05, 0) is 70.2 Å². The number of aliphatic hydroxyl groups is 1. The summed E-state index contributed by atoms with van der Waals surface area (Å²) >= 11 is 1.99. The van der Waals surface area contributed by atoms with Gasteiger partial charge in [0.2, 0.25) is 0 Å². The van der Waals surface area contributed by atoms with Gasteiger partial charge in [0.15, 0.2) is 0 Å². The summed E-state index contributed by atoms with van der Waals surface area (Å²) in [5.41, 5.74) is -2.51. The highest BCUT2D eigenvalue weighted by atomic mass is 127. The number of rotatable bonds is 3. The molecule has 0 heterocycles. The third-order valence-corrected chi connectivity index (χ3v) is 4.60. The van der Waals surface area contributed by atoms with Crippen LogP contribution in [0.1, 0.15) is 48.0 Å². The van der Waals surface area contributed by atoms with Gasteiger partial charge in [-0.1, -0.05) is 0 Å². The Labute approximate surface area is 145 Å². The van der Waals surface area contributed by atoms with Gasteiger partial charge in [-0.25, -0.2) is 0 Å². The van der Waals surface area contributed by atoms with Crippen LogP contribution >= 0.6 is 22.6 Å². The minimum Gasteiger partial charge on any atom is -0.462 e.